The second-order valence-corrected chi connectivity index (χ2v) is 6.42. The molecule has 1 aliphatic heterocycles. The Labute approximate surface area is 159 Å². The Hall–Kier alpha value is -4.06. The van der Waals surface area contributed by atoms with E-state index in [4.69, 9.17) is 4.98 Å². The van der Waals surface area contributed by atoms with Crippen LogP contribution in [0.5, 0.6) is 5.75 Å². The molecule has 0 radical (unpaired) electrons. The predicted octanol–water partition coefficient (Wildman–Crippen LogP) is 5.45. The van der Waals surface area contributed by atoms with E-state index in [1.165, 1.54) is 24.3 Å². The highest BCUT2D eigenvalue weighted by Crippen LogP contribution is 2.43. The minimum Gasteiger partial charge on any atom is -0.508 e. The van der Waals surface area contributed by atoms with Gasteiger partial charge in [0.15, 0.2) is 0 Å². The van der Waals surface area contributed by atoms with Crippen molar-refractivity contribution in [3.8, 4) is 17.1 Å². The molecule has 6 heteroatoms. The van der Waals surface area contributed by atoms with Crippen molar-refractivity contribution >= 4 is 33.4 Å². The van der Waals surface area contributed by atoms with Gasteiger partial charge in [-0.15, -0.1) is 10.2 Å². The number of amides is 1. The number of nitrogens with zero attached hydrogens (tertiary/aromatic N) is 3. The zero-order chi connectivity index (χ0) is 19.1. The third-order valence-electron chi connectivity index (χ3n) is 4.66. The van der Waals surface area contributed by atoms with Crippen LogP contribution in [0.3, 0.4) is 0 Å². The fraction of sp³-hybridized carbons (Fsp3) is 0. The van der Waals surface area contributed by atoms with Gasteiger partial charge in [-0.05, 0) is 36.4 Å². The number of benzene rings is 3. The molecule has 5 rings (SSSR count). The number of aromatic nitrogens is 2. The van der Waals surface area contributed by atoms with E-state index in [9.17, 15) is 9.90 Å². The molecular weight excluding hydrogens is 352 g/mol. The first kappa shape index (κ1) is 16.1. The van der Waals surface area contributed by atoms with Gasteiger partial charge in [-0.25, -0.2) is 4.98 Å². The minimum absolute atomic E-state index is 0.0917. The molecule has 134 valence electrons. The Balaban J connectivity index is 1.68. The molecule has 2 aliphatic rings. The number of azo groups is 1. The van der Waals surface area contributed by atoms with Gasteiger partial charge in [0.25, 0.3) is 5.91 Å². The van der Waals surface area contributed by atoms with E-state index in [1.807, 2.05) is 48.5 Å². The van der Waals surface area contributed by atoms with E-state index < -0.39 is 5.91 Å². The number of rotatable bonds is 2. The number of nitrogens with one attached hydrogen (secondary N) is 1. The zero-order valence-electron chi connectivity index (χ0n) is 14.6. The van der Waals surface area contributed by atoms with Gasteiger partial charge in [0.1, 0.15) is 11.4 Å². The monoisotopic (exact) mass is 366 g/mol. The lowest BCUT2D eigenvalue weighted by Gasteiger charge is -2.04. The number of phenolic OH excluding ortho intramolecular Hbond substituents is 1. The van der Waals surface area contributed by atoms with Crippen LogP contribution in [0.15, 0.2) is 83.0 Å². The molecule has 0 spiro atoms. The molecule has 3 aromatic rings. The van der Waals surface area contributed by atoms with Crippen LogP contribution in [0.25, 0.3) is 33.2 Å². The Bertz CT molecular complexity index is 1340. The summed E-state index contributed by atoms with van der Waals surface area (Å²) in [6.45, 7) is 0. The normalized spacial score (nSPS) is 11.7. The molecule has 0 unspecified atom stereocenters. The van der Waals surface area contributed by atoms with E-state index in [1.54, 1.807) is 0 Å². The smallest absolute Gasteiger partial charge is 0.295 e. The van der Waals surface area contributed by atoms with Gasteiger partial charge in [0.2, 0.25) is 0 Å². The Morgan fingerprint density at radius 3 is 2.43 bits per heavy atom. The quantitative estimate of drug-likeness (QED) is 0.407. The van der Waals surface area contributed by atoms with E-state index in [2.05, 4.69) is 15.2 Å². The average Bonchev–Trinajstić information content (AvgIpc) is 3.03. The number of hydrogen-bond acceptors (Lipinski definition) is 4. The average molecular weight is 366 g/mol. The van der Waals surface area contributed by atoms with Crippen molar-refractivity contribution in [3.63, 3.8) is 0 Å². The lowest BCUT2D eigenvalue weighted by molar-refractivity contribution is 0.0995. The van der Waals surface area contributed by atoms with Crippen molar-refractivity contribution in [3.05, 3.63) is 78.4 Å². The predicted molar refractivity (Wildman–Crippen MR) is 107 cm³/mol. The van der Waals surface area contributed by atoms with Crippen LogP contribution in [-0.4, -0.2) is 21.0 Å². The molecule has 1 aliphatic carbocycles. The van der Waals surface area contributed by atoms with Crippen LogP contribution in [0.1, 0.15) is 10.4 Å². The van der Waals surface area contributed by atoms with Gasteiger partial charge in [0, 0.05) is 16.3 Å². The maximum Gasteiger partial charge on any atom is 0.295 e. The standard InChI is InChI=1S/C22H14N4O2/c27-14-11-9-13(10-12-14)22(28)26-25-20-16-6-2-1-5-15(16)19-21(20)24-18-8-4-3-7-17(18)23-19/h1-12,24,27H. The molecular formula is C22H14N4O2. The van der Waals surface area contributed by atoms with Gasteiger partial charge in [0.05, 0.1) is 22.4 Å². The summed E-state index contributed by atoms with van der Waals surface area (Å²) in [5.41, 5.74) is 4.20. The van der Waals surface area contributed by atoms with Crippen molar-refractivity contribution in [2.24, 2.45) is 10.2 Å². The van der Waals surface area contributed by atoms with E-state index in [0.29, 0.717) is 11.3 Å². The molecule has 0 saturated carbocycles. The Morgan fingerprint density at radius 1 is 0.893 bits per heavy atom. The number of para-hydroxylation sites is 2. The van der Waals surface area contributed by atoms with Crippen LogP contribution in [0.2, 0.25) is 0 Å². The SMILES string of the molecule is O=C(N=Nc1c2[nH]c3ccccc3nc-2c2ccccc12)c1ccc(O)cc1. The van der Waals surface area contributed by atoms with Crippen molar-refractivity contribution in [2.45, 2.75) is 0 Å². The van der Waals surface area contributed by atoms with Crippen LogP contribution >= 0.6 is 0 Å². The molecule has 0 atom stereocenters. The van der Waals surface area contributed by atoms with E-state index in [-0.39, 0.29) is 5.75 Å². The molecule has 6 nitrogen and oxygen atoms in total. The maximum absolute atomic E-state index is 12.4. The lowest BCUT2D eigenvalue weighted by Crippen LogP contribution is -1.92. The highest BCUT2D eigenvalue weighted by Gasteiger charge is 2.20. The summed E-state index contributed by atoms with van der Waals surface area (Å²) in [6.07, 6.45) is 0. The third kappa shape index (κ3) is 2.59. The summed E-state index contributed by atoms with van der Waals surface area (Å²) in [5.74, 6) is -0.388. The number of aromatic hydroxyl groups is 1. The maximum atomic E-state index is 12.4. The molecule has 28 heavy (non-hydrogen) atoms. The summed E-state index contributed by atoms with van der Waals surface area (Å²) in [6, 6.07) is 21.5. The second-order valence-electron chi connectivity index (χ2n) is 6.42. The van der Waals surface area contributed by atoms with Crippen molar-refractivity contribution in [1.29, 1.82) is 0 Å². The Kier molecular flexibility index (Phi) is 3.62. The van der Waals surface area contributed by atoms with Crippen molar-refractivity contribution in [2.75, 3.05) is 0 Å². The zero-order valence-corrected chi connectivity index (χ0v) is 14.6. The largest absolute Gasteiger partial charge is 0.508 e. The number of fused-ring (bicyclic) bond motifs is 4. The minimum atomic E-state index is -0.479. The van der Waals surface area contributed by atoms with Crippen LogP contribution in [-0.2, 0) is 0 Å². The molecule has 0 saturated heterocycles. The first-order valence-corrected chi connectivity index (χ1v) is 8.75. The molecule has 0 aromatic heterocycles. The van der Waals surface area contributed by atoms with Crippen LogP contribution in [0.4, 0.5) is 5.69 Å². The lowest BCUT2D eigenvalue weighted by atomic mass is 10.2. The third-order valence-corrected chi connectivity index (χ3v) is 4.66. The molecule has 3 aromatic carbocycles. The number of hydrogen-bond donors (Lipinski definition) is 2. The van der Waals surface area contributed by atoms with Crippen LogP contribution in [0, 0.1) is 0 Å². The molecule has 0 fully saturated rings. The van der Waals surface area contributed by atoms with Gasteiger partial charge in [-0.2, -0.15) is 0 Å². The van der Waals surface area contributed by atoms with Gasteiger partial charge < -0.3 is 10.1 Å². The summed E-state index contributed by atoms with van der Waals surface area (Å²) >= 11 is 0. The first-order valence-electron chi connectivity index (χ1n) is 8.75. The first-order chi connectivity index (χ1) is 13.7. The van der Waals surface area contributed by atoms with Gasteiger partial charge in [-0.3, -0.25) is 4.79 Å². The molecule has 1 heterocycles. The summed E-state index contributed by atoms with van der Waals surface area (Å²) in [7, 11) is 0. The highest BCUT2D eigenvalue weighted by atomic mass is 16.3. The highest BCUT2D eigenvalue weighted by molar-refractivity contribution is 6.11. The van der Waals surface area contributed by atoms with E-state index >= 15 is 0 Å². The fourth-order valence-corrected chi connectivity index (χ4v) is 3.31. The van der Waals surface area contributed by atoms with Gasteiger partial charge in [-0.1, -0.05) is 36.4 Å². The van der Waals surface area contributed by atoms with E-state index in [0.717, 1.165) is 33.2 Å². The second kappa shape index (κ2) is 6.28. The molecule has 0 bridgehead atoms. The summed E-state index contributed by atoms with van der Waals surface area (Å²) in [4.78, 5) is 20.5. The number of aromatic amines is 1. The van der Waals surface area contributed by atoms with Crippen molar-refractivity contribution in [1.82, 2.24) is 9.97 Å². The molecule has 1 amide bonds. The Morgan fingerprint density at radius 2 is 1.61 bits per heavy atom. The van der Waals surface area contributed by atoms with Crippen molar-refractivity contribution < 1.29 is 9.90 Å². The number of phenols is 1. The summed E-state index contributed by atoms with van der Waals surface area (Å²) < 4.78 is 0. The number of carbonyl (C=O) groups excluding carboxylic acids is 1. The topological polar surface area (TPSA) is 90.7 Å². The fourth-order valence-electron chi connectivity index (χ4n) is 3.31. The van der Waals surface area contributed by atoms with Crippen LogP contribution < -0.4 is 0 Å². The van der Waals surface area contributed by atoms with Gasteiger partial charge >= 0.3 is 0 Å². The number of H-pyrrole nitrogens is 1. The number of carbonyl (C=O) groups is 1. The molecule has 2 N–H and O–H groups in total. The summed E-state index contributed by atoms with van der Waals surface area (Å²) in [5, 5.41) is 19.4.